The van der Waals surface area contributed by atoms with E-state index in [1.54, 1.807) is 42.5 Å². The Labute approximate surface area is 269 Å². The zero-order chi connectivity index (χ0) is 31.1. The van der Waals surface area contributed by atoms with Gasteiger partial charge in [0.2, 0.25) is 5.91 Å². The van der Waals surface area contributed by atoms with Crippen molar-refractivity contribution in [3.8, 4) is 11.5 Å². The molecule has 2 saturated heterocycles. The third-order valence-corrected chi connectivity index (χ3v) is 8.62. The molecule has 0 unspecified atom stereocenters. The van der Waals surface area contributed by atoms with E-state index in [2.05, 4.69) is 39.4 Å². The zero-order valence-corrected chi connectivity index (χ0v) is 26.7. The minimum atomic E-state index is -0.735. The first-order valence-electron chi connectivity index (χ1n) is 14.9. The Morgan fingerprint density at radius 1 is 0.977 bits per heavy atom. The molecule has 2 aliphatic rings. The summed E-state index contributed by atoms with van der Waals surface area (Å²) in [7, 11) is 1.54. The summed E-state index contributed by atoms with van der Waals surface area (Å²) < 4.78 is 10.8. The summed E-state index contributed by atoms with van der Waals surface area (Å²) in [6, 6.07) is 22.0. The number of nitrogens with one attached hydrogen (secondary N) is 1. The first-order chi connectivity index (χ1) is 21.4. The Bertz CT molecular complexity index is 1450. The smallest absolute Gasteiger partial charge is 0.256 e. The van der Waals surface area contributed by atoms with E-state index in [9.17, 15) is 9.59 Å². The number of para-hydroxylation sites is 1. The van der Waals surface area contributed by atoms with Crippen molar-refractivity contribution in [1.29, 1.82) is 0 Å². The summed E-state index contributed by atoms with van der Waals surface area (Å²) in [5.41, 5.74) is 2.42. The van der Waals surface area contributed by atoms with E-state index >= 15 is 0 Å². The molecule has 11 heteroatoms. The van der Waals surface area contributed by atoms with Gasteiger partial charge in [0.1, 0.15) is 17.5 Å². The molecule has 44 heavy (non-hydrogen) atoms. The van der Waals surface area contributed by atoms with Crippen LogP contribution in [0.3, 0.4) is 0 Å². The molecular formula is C33H38ClN5O4S. The average Bonchev–Trinajstić information content (AvgIpc) is 3.26. The normalized spacial score (nSPS) is 17.2. The van der Waals surface area contributed by atoms with Crippen LogP contribution in [0.15, 0.2) is 72.8 Å². The van der Waals surface area contributed by atoms with Gasteiger partial charge in [-0.2, -0.15) is 0 Å². The van der Waals surface area contributed by atoms with Gasteiger partial charge in [-0.15, -0.1) is 0 Å². The minimum Gasteiger partial charge on any atom is -0.495 e. The number of hydrogen-bond acceptors (Lipinski definition) is 7. The third kappa shape index (κ3) is 7.43. The molecular weight excluding hydrogens is 598 g/mol. The van der Waals surface area contributed by atoms with Gasteiger partial charge < -0.3 is 24.6 Å². The number of piperazine rings is 1. The molecule has 1 N–H and O–H groups in total. The summed E-state index contributed by atoms with van der Waals surface area (Å²) in [6.07, 6.45) is 0.759. The highest BCUT2D eigenvalue weighted by Gasteiger charge is 2.44. The van der Waals surface area contributed by atoms with Gasteiger partial charge in [-0.1, -0.05) is 29.8 Å². The van der Waals surface area contributed by atoms with Gasteiger partial charge in [-0.05, 0) is 86.7 Å². The lowest BCUT2D eigenvalue weighted by atomic mass is 10.1. The highest BCUT2D eigenvalue weighted by atomic mass is 35.5. The summed E-state index contributed by atoms with van der Waals surface area (Å²) >= 11 is 12.3. The first-order valence-corrected chi connectivity index (χ1v) is 15.7. The Kier molecular flexibility index (Phi) is 10.6. The number of carbonyl (C=O) groups excluding carboxylic acids is 2. The fourth-order valence-electron chi connectivity index (χ4n) is 5.64. The Balaban J connectivity index is 1.25. The van der Waals surface area contributed by atoms with Crippen molar-refractivity contribution in [2.75, 3.05) is 68.1 Å². The van der Waals surface area contributed by atoms with E-state index in [1.807, 2.05) is 17.9 Å². The van der Waals surface area contributed by atoms with Crippen LogP contribution in [0.25, 0.3) is 0 Å². The Morgan fingerprint density at radius 2 is 1.70 bits per heavy atom. The zero-order valence-electron chi connectivity index (χ0n) is 25.1. The second kappa shape index (κ2) is 14.7. The molecule has 0 saturated carbocycles. The lowest BCUT2D eigenvalue weighted by molar-refractivity contribution is -0.124. The monoisotopic (exact) mass is 635 g/mol. The molecule has 232 valence electrons. The highest BCUT2D eigenvalue weighted by molar-refractivity contribution is 7.80. The number of halogens is 1. The quantitative estimate of drug-likeness (QED) is 0.269. The number of rotatable bonds is 12. The van der Waals surface area contributed by atoms with Crippen LogP contribution in [0, 0.1) is 0 Å². The predicted molar refractivity (Wildman–Crippen MR) is 179 cm³/mol. The van der Waals surface area contributed by atoms with Crippen LogP contribution in [-0.4, -0.2) is 85.8 Å². The summed E-state index contributed by atoms with van der Waals surface area (Å²) in [5, 5.41) is 3.65. The third-order valence-electron chi connectivity index (χ3n) is 7.91. The lowest BCUT2D eigenvalue weighted by Gasteiger charge is -2.36. The van der Waals surface area contributed by atoms with E-state index in [4.69, 9.17) is 33.3 Å². The molecule has 3 aromatic carbocycles. The maximum atomic E-state index is 13.8. The van der Waals surface area contributed by atoms with Crippen molar-refractivity contribution in [2.45, 2.75) is 25.8 Å². The van der Waals surface area contributed by atoms with Crippen molar-refractivity contribution in [3.05, 3.63) is 77.8 Å². The van der Waals surface area contributed by atoms with Crippen molar-refractivity contribution >= 4 is 57.8 Å². The molecule has 3 aromatic rings. The van der Waals surface area contributed by atoms with Gasteiger partial charge in [0.25, 0.3) is 5.91 Å². The molecule has 2 heterocycles. The van der Waals surface area contributed by atoms with Crippen LogP contribution in [0.1, 0.15) is 19.8 Å². The molecule has 0 spiro atoms. The molecule has 1 atom stereocenters. The largest absolute Gasteiger partial charge is 0.495 e. The van der Waals surface area contributed by atoms with E-state index < -0.39 is 6.04 Å². The van der Waals surface area contributed by atoms with Gasteiger partial charge in [0.15, 0.2) is 5.11 Å². The van der Waals surface area contributed by atoms with E-state index in [-0.39, 0.29) is 18.2 Å². The average molecular weight is 636 g/mol. The fraction of sp³-hybridized carbons (Fsp3) is 0.364. The second-order valence-corrected chi connectivity index (χ2v) is 11.5. The maximum absolute atomic E-state index is 13.8. The van der Waals surface area contributed by atoms with Gasteiger partial charge in [0.05, 0.1) is 30.8 Å². The second-order valence-electron chi connectivity index (χ2n) is 10.7. The Hall–Kier alpha value is -3.86. The van der Waals surface area contributed by atoms with Gasteiger partial charge >= 0.3 is 0 Å². The molecule has 2 fully saturated rings. The topological polar surface area (TPSA) is 77.6 Å². The first kappa shape index (κ1) is 31.6. The van der Waals surface area contributed by atoms with Crippen LogP contribution in [0.2, 0.25) is 5.02 Å². The number of carbonyl (C=O) groups is 2. The van der Waals surface area contributed by atoms with Crippen LogP contribution in [-0.2, 0) is 9.59 Å². The number of methoxy groups -OCH3 is 1. The molecule has 0 bridgehead atoms. The van der Waals surface area contributed by atoms with Gasteiger partial charge in [-0.25, -0.2) is 0 Å². The lowest BCUT2D eigenvalue weighted by Crippen LogP contribution is -2.47. The van der Waals surface area contributed by atoms with Crippen molar-refractivity contribution in [2.24, 2.45) is 0 Å². The highest BCUT2D eigenvalue weighted by Crippen LogP contribution is 2.33. The number of benzene rings is 3. The molecule has 2 amide bonds. The minimum absolute atomic E-state index is 0.0394. The number of thiocarbonyl (C=S) groups is 1. The van der Waals surface area contributed by atoms with Crippen molar-refractivity contribution < 1.29 is 19.1 Å². The number of anilines is 3. The van der Waals surface area contributed by atoms with Crippen LogP contribution in [0.5, 0.6) is 11.5 Å². The van der Waals surface area contributed by atoms with Crippen LogP contribution >= 0.6 is 23.8 Å². The fourth-order valence-corrected chi connectivity index (χ4v) is 6.31. The van der Waals surface area contributed by atoms with Crippen molar-refractivity contribution in [3.63, 3.8) is 0 Å². The molecule has 0 aromatic heterocycles. The molecule has 2 aliphatic heterocycles. The number of amides is 2. The van der Waals surface area contributed by atoms with Crippen LogP contribution in [0.4, 0.5) is 17.1 Å². The number of hydrogen-bond donors (Lipinski definition) is 1. The summed E-state index contributed by atoms with van der Waals surface area (Å²) in [4.78, 5) is 35.2. The summed E-state index contributed by atoms with van der Waals surface area (Å²) in [5.74, 6) is 0.702. The number of ether oxygens (including phenoxy) is 2. The molecule has 0 aliphatic carbocycles. The predicted octanol–water partition coefficient (Wildman–Crippen LogP) is 5.29. The standard InChI is InChI=1S/C33H38ClN5O4S/c1-3-43-27-13-10-24(11-14-27)35-31(40)23-29-32(41)39(26-12-15-30(42-2)28(34)22-26)33(44)38(29)17-7-16-36-18-20-37(21-19-36)25-8-5-4-6-9-25/h4-6,8-15,22,29H,3,7,16-21,23H2,1-2H3,(H,35,40)/t29-/m1/s1. The van der Waals surface area contributed by atoms with Gasteiger partial charge in [0, 0.05) is 44.1 Å². The van der Waals surface area contributed by atoms with E-state index in [0.717, 1.165) is 44.9 Å². The Morgan fingerprint density at radius 3 is 2.36 bits per heavy atom. The van der Waals surface area contributed by atoms with E-state index in [1.165, 1.54) is 17.7 Å². The molecule has 0 radical (unpaired) electrons. The number of nitrogens with zero attached hydrogens (tertiary/aromatic N) is 4. The van der Waals surface area contributed by atoms with Crippen molar-refractivity contribution in [1.82, 2.24) is 9.80 Å². The molecule has 9 nitrogen and oxygen atoms in total. The SMILES string of the molecule is CCOc1ccc(NC(=O)C[C@@H]2C(=O)N(c3ccc(OC)c(Cl)c3)C(=S)N2CCCN2CCN(c3ccccc3)CC2)cc1. The summed E-state index contributed by atoms with van der Waals surface area (Å²) in [6.45, 7) is 7.74. The molecule has 5 rings (SSSR count). The maximum Gasteiger partial charge on any atom is 0.256 e. The van der Waals surface area contributed by atoms with Gasteiger partial charge in [-0.3, -0.25) is 19.4 Å². The van der Waals surface area contributed by atoms with E-state index in [0.29, 0.717) is 40.4 Å². The van der Waals surface area contributed by atoms with Crippen LogP contribution < -0.4 is 24.6 Å².